The van der Waals surface area contributed by atoms with Gasteiger partial charge in [-0.25, -0.2) is 0 Å². The monoisotopic (exact) mass is 1130 g/mol. The summed E-state index contributed by atoms with van der Waals surface area (Å²) in [5, 5.41) is 0. The highest BCUT2D eigenvalue weighted by Crippen LogP contribution is 2.19. The van der Waals surface area contributed by atoms with Crippen molar-refractivity contribution in [2.24, 2.45) is 0 Å². The summed E-state index contributed by atoms with van der Waals surface area (Å²) >= 11 is 0. The second-order valence-corrected chi connectivity index (χ2v) is 24.9. The molecule has 0 rings (SSSR count). The molecule has 6 heteroatoms. The van der Waals surface area contributed by atoms with Crippen LogP contribution in [0.2, 0.25) is 0 Å². The normalized spacial score (nSPS) is 12.1. The second-order valence-electron chi connectivity index (χ2n) is 24.9. The molecule has 0 aliphatic rings. The molecule has 80 heavy (non-hydrogen) atoms. The number of rotatable bonds is 68. The van der Waals surface area contributed by atoms with E-state index in [1.54, 1.807) is 0 Å². The van der Waals surface area contributed by atoms with Crippen LogP contribution in [0.3, 0.4) is 0 Å². The topological polar surface area (TPSA) is 78.9 Å². The summed E-state index contributed by atoms with van der Waals surface area (Å²) in [5.74, 6) is -0.856. The predicted molar refractivity (Wildman–Crippen MR) is 349 cm³/mol. The summed E-state index contributed by atoms with van der Waals surface area (Å²) in [4.78, 5) is 38.1. The van der Waals surface area contributed by atoms with Gasteiger partial charge in [0, 0.05) is 19.3 Å². The van der Waals surface area contributed by atoms with Crippen molar-refractivity contribution in [3.63, 3.8) is 0 Å². The van der Waals surface area contributed by atoms with E-state index in [4.69, 9.17) is 14.2 Å². The Balaban J connectivity index is 3.89. The fourth-order valence-corrected chi connectivity index (χ4v) is 11.2. The highest BCUT2D eigenvalue weighted by molar-refractivity contribution is 5.71. The van der Waals surface area contributed by atoms with E-state index in [2.05, 4.69) is 45.1 Å². The maximum atomic E-state index is 12.9. The lowest BCUT2D eigenvalue weighted by molar-refractivity contribution is -0.167. The van der Waals surface area contributed by atoms with Crippen molar-refractivity contribution in [1.82, 2.24) is 0 Å². The van der Waals surface area contributed by atoms with Crippen LogP contribution in [0.15, 0.2) is 24.3 Å². The van der Waals surface area contributed by atoms with Crippen LogP contribution in [-0.4, -0.2) is 37.2 Å². The first-order valence-electron chi connectivity index (χ1n) is 36.3. The van der Waals surface area contributed by atoms with Gasteiger partial charge in [0.05, 0.1) is 0 Å². The molecule has 0 spiro atoms. The van der Waals surface area contributed by atoms with Gasteiger partial charge >= 0.3 is 17.9 Å². The third-order valence-electron chi connectivity index (χ3n) is 16.7. The fourth-order valence-electron chi connectivity index (χ4n) is 11.2. The fraction of sp³-hybridized carbons (Fsp3) is 0.905. The summed E-state index contributed by atoms with van der Waals surface area (Å²) < 4.78 is 16.9. The first kappa shape index (κ1) is 77.9. The first-order chi connectivity index (χ1) is 39.5. The van der Waals surface area contributed by atoms with E-state index >= 15 is 0 Å². The first-order valence-corrected chi connectivity index (χ1v) is 36.3. The van der Waals surface area contributed by atoms with Crippen LogP contribution in [0, 0.1) is 0 Å². The van der Waals surface area contributed by atoms with E-state index in [1.807, 2.05) is 0 Å². The van der Waals surface area contributed by atoms with Crippen molar-refractivity contribution >= 4 is 17.9 Å². The molecule has 0 aromatic carbocycles. The highest BCUT2D eigenvalue weighted by atomic mass is 16.6. The smallest absolute Gasteiger partial charge is 0.306 e. The lowest BCUT2D eigenvalue weighted by atomic mass is 10.0. The number of esters is 3. The van der Waals surface area contributed by atoms with E-state index in [9.17, 15) is 14.4 Å². The molecule has 0 heterocycles. The van der Waals surface area contributed by atoms with E-state index in [0.717, 1.165) is 64.2 Å². The average Bonchev–Trinajstić information content (AvgIpc) is 3.46. The number of carbonyl (C=O) groups excluding carboxylic acids is 3. The molecule has 0 saturated heterocycles. The van der Waals surface area contributed by atoms with Crippen molar-refractivity contribution in [2.75, 3.05) is 13.2 Å². The second kappa shape index (κ2) is 69.4. The Hall–Kier alpha value is -2.11. The molecule has 0 fully saturated rings. The zero-order valence-corrected chi connectivity index (χ0v) is 54.4. The third kappa shape index (κ3) is 66.7. The van der Waals surface area contributed by atoms with Crippen molar-refractivity contribution in [3.05, 3.63) is 24.3 Å². The minimum Gasteiger partial charge on any atom is -0.462 e. The molecule has 0 aliphatic heterocycles. The Kier molecular flexibility index (Phi) is 67.6. The van der Waals surface area contributed by atoms with Crippen LogP contribution in [0.4, 0.5) is 0 Å². The van der Waals surface area contributed by atoms with Gasteiger partial charge in [-0.2, -0.15) is 0 Å². The molecule has 0 aromatic rings. The molecule has 1 atom stereocenters. The molecule has 0 aromatic heterocycles. The minimum atomic E-state index is -0.768. The van der Waals surface area contributed by atoms with Crippen LogP contribution in [0.1, 0.15) is 412 Å². The standard InChI is InChI=1S/C74H140O6/c1-4-7-10-13-16-18-20-22-24-26-28-30-31-32-33-34-35-36-37-38-39-40-41-42-43-45-46-48-50-52-54-56-58-61-64-67-73(76)79-70-71(69-78-72(75)66-63-60-15-12-9-6-3)80-74(77)68-65-62-59-57-55-53-51-49-47-44-29-27-25-23-21-19-17-14-11-8-5-2/h21,23,27,29,71H,4-20,22,24-26,28,30-70H2,1-3H3/b23-21-,29-27-. The van der Waals surface area contributed by atoms with E-state index < -0.39 is 6.10 Å². The van der Waals surface area contributed by atoms with E-state index in [0.29, 0.717) is 19.3 Å². The number of allylic oxidation sites excluding steroid dienone is 4. The average molecular weight is 1130 g/mol. The molecule has 0 N–H and O–H groups in total. The van der Waals surface area contributed by atoms with Crippen LogP contribution in [0.25, 0.3) is 0 Å². The third-order valence-corrected chi connectivity index (χ3v) is 16.7. The summed E-state index contributed by atoms with van der Waals surface area (Å²) in [6.45, 7) is 6.64. The maximum absolute atomic E-state index is 12.9. The molecule has 0 radical (unpaired) electrons. The van der Waals surface area contributed by atoms with Gasteiger partial charge in [0.25, 0.3) is 0 Å². The molecular weight excluding hydrogens is 985 g/mol. The molecule has 0 amide bonds. The summed E-state index contributed by atoms with van der Waals surface area (Å²) in [5.41, 5.74) is 0. The van der Waals surface area contributed by atoms with Gasteiger partial charge < -0.3 is 14.2 Å². The van der Waals surface area contributed by atoms with Gasteiger partial charge in [-0.3, -0.25) is 14.4 Å². The van der Waals surface area contributed by atoms with Crippen LogP contribution >= 0.6 is 0 Å². The Labute approximate surface area is 500 Å². The van der Waals surface area contributed by atoms with Gasteiger partial charge in [0.15, 0.2) is 6.10 Å². The minimum absolute atomic E-state index is 0.0680. The van der Waals surface area contributed by atoms with E-state index in [1.165, 1.54) is 308 Å². The Bertz CT molecular complexity index is 1290. The molecule has 1 unspecified atom stereocenters. The van der Waals surface area contributed by atoms with Crippen LogP contribution < -0.4 is 0 Å². The molecule has 0 saturated carbocycles. The number of unbranched alkanes of at least 4 members (excludes halogenated alkanes) is 53. The summed E-state index contributed by atoms with van der Waals surface area (Å²) in [6, 6.07) is 0. The van der Waals surface area contributed by atoms with Gasteiger partial charge in [-0.05, 0) is 51.4 Å². The Morgan fingerprint density at radius 2 is 0.450 bits per heavy atom. The van der Waals surface area contributed by atoms with Crippen molar-refractivity contribution in [1.29, 1.82) is 0 Å². The van der Waals surface area contributed by atoms with Crippen molar-refractivity contribution < 1.29 is 28.6 Å². The molecule has 0 aliphatic carbocycles. The van der Waals surface area contributed by atoms with Crippen molar-refractivity contribution in [2.45, 2.75) is 419 Å². The zero-order valence-electron chi connectivity index (χ0n) is 54.4. The summed E-state index contributed by atoms with van der Waals surface area (Å²) in [6.07, 6.45) is 85.6. The summed E-state index contributed by atoms with van der Waals surface area (Å²) in [7, 11) is 0. The lowest BCUT2D eigenvalue weighted by Gasteiger charge is -2.18. The number of carbonyl (C=O) groups is 3. The van der Waals surface area contributed by atoms with Gasteiger partial charge in [-0.15, -0.1) is 0 Å². The molecular formula is C74H140O6. The van der Waals surface area contributed by atoms with Gasteiger partial charge in [0.1, 0.15) is 13.2 Å². The number of hydrogen-bond acceptors (Lipinski definition) is 6. The SMILES string of the molecule is CCCCCCC/C=C\C/C=C\CCCCCCCCCCCC(=O)OC(COC(=O)CCCCCCCC)COC(=O)CCCCCCCCCCCCCCCCCCCCCCCCCCCCCCCCCCCCC. The largest absolute Gasteiger partial charge is 0.462 e. The lowest BCUT2D eigenvalue weighted by Crippen LogP contribution is -2.30. The Morgan fingerprint density at radius 3 is 0.688 bits per heavy atom. The van der Waals surface area contributed by atoms with Crippen LogP contribution in [-0.2, 0) is 28.6 Å². The van der Waals surface area contributed by atoms with Crippen LogP contribution in [0.5, 0.6) is 0 Å². The predicted octanol–water partition coefficient (Wildman–Crippen LogP) is 25.0. The quantitative estimate of drug-likeness (QED) is 0.0261. The zero-order chi connectivity index (χ0) is 57.8. The maximum Gasteiger partial charge on any atom is 0.306 e. The van der Waals surface area contributed by atoms with Crippen molar-refractivity contribution in [3.8, 4) is 0 Å². The molecule has 472 valence electrons. The Morgan fingerprint density at radius 1 is 0.250 bits per heavy atom. The highest BCUT2D eigenvalue weighted by Gasteiger charge is 2.19. The van der Waals surface area contributed by atoms with Gasteiger partial charge in [-0.1, -0.05) is 366 Å². The molecule has 6 nitrogen and oxygen atoms in total. The van der Waals surface area contributed by atoms with Gasteiger partial charge in [0.2, 0.25) is 0 Å². The van der Waals surface area contributed by atoms with E-state index in [-0.39, 0.29) is 31.1 Å². The number of hydrogen-bond donors (Lipinski definition) is 0. The number of ether oxygens (including phenoxy) is 3. The molecule has 0 bridgehead atoms.